The summed E-state index contributed by atoms with van der Waals surface area (Å²) >= 11 is 0. The molecule has 4 heteroatoms. The minimum Gasteiger partial charge on any atom is -0.494 e. The highest BCUT2D eigenvalue weighted by molar-refractivity contribution is 6.11. The van der Waals surface area contributed by atoms with Crippen molar-refractivity contribution in [3.8, 4) is 0 Å². The van der Waals surface area contributed by atoms with Crippen molar-refractivity contribution in [3.05, 3.63) is 64.6 Å². The first-order valence-corrected chi connectivity index (χ1v) is 10.2. The van der Waals surface area contributed by atoms with E-state index in [1.807, 2.05) is 24.4 Å². The molecule has 1 atom stereocenters. The Morgan fingerprint density at radius 3 is 2.93 bits per heavy atom. The predicted molar refractivity (Wildman–Crippen MR) is 111 cm³/mol. The fraction of sp³-hybridized carbons (Fsp3) is 0.435. The Hall–Kier alpha value is -2.49. The molecule has 4 nitrogen and oxygen atoms in total. The third-order valence-corrected chi connectivity index (χ3v) is 5.75. The van der Waals surface area contributed by atoms with Crippen LogP contribution >= 0.6 is 0 Å². The molecule has 3 heterocycles. The lowest BCUT2D eigenvalue weighted by atomic mass is 9.89. The molecule has 0 spiro atoms. The van der Waals surface area contributed by atoms with Crippen LogP contribution < -0.4 is 0 Å². The molecule has 4 rings (SSSR count). The monoisotopic (exact) mass is 363 g/mol. The molecule has 2 aliphatic rings. The molecular weight excluding hydrogens is 334 g/mol. The molecule has 1 aliphatic carbocycles. The standard InChI is InChI=1S/C23H29N3O/c1-3-16-9-6-4-5-7-10-17-13-18(16)20(25-17)14-22-23(27-2)15-21(26-22)19-11-8-12-24-19/h8,11-16,24-25H,3-7,9-10H2,1-2H3/t16-/m1/s1. The van der Waals surface area contributed by atoms with Crippen molar-refractivity contribution < 1.29 is 4.74 Å². The molecule has 2 bridgehead atoms. The number of aromatic amines is 2. The van der Waals surface area contributed by atoms with E-state index < -0.39 is 0 Å². The van der Waals surface area contributed by atoms with Crippen molar-refractivity contribution in [2.24, 2.45) is 4.99 Å². The van der Waals surface area contributed by atoms with Gasteiger partial charge in [0.1, 0.15) is 11.5 Å². The number of nitrogens with one attached hydrogen (secondary N) is 2. The van der Waals surface area contributed by atoms with Crippen LogP contribution in [0.1, 0.15) is 74.0 Å². The fourth-order valence-electron chi connectivity index (χ4n) is 4.22. The molecule has 0 radical (unpaired) electrons. The minimum atomic E-state index is 0.614. The topological polar surface area (TPSA) is 53.2 Å². The van der Waals surface area contributed by atoms with E-state index in [4.69, 9.17) is 9.73 Å². The molecule has 0 amide bonds. The third kappa shape index (κ3) is 3.80. The average molecular weight is 364 g/mol. The summed E-state index contributed by atoms with van der Waals surface area (Å²) in [5, 5.41) is 0. The van der Waals surface area contributed by atoms with Crippen LogP contribution in [0.25, 0.3) is 6.08 Å². The number of methoxy groups -OCH3 is 1. The normalized spacial score (nSPS) is 21.9. The van der Waals surface area contributed by atoms with Crippen LogP contribution in [0.5, 0.6) is 0 Å². The van der Waals surface area contributed by atoms with Gasteiger partial charge in [0.25, 0.3) is 0 Å². The van der Waals surface area contributed by atoms with Gasteiger partial charge in [0, 0.05) is 23.7 Å². The van der Waals surface area contributed by atoms with Gasteiger partial charge < -0.3 is 14.7 Å². The number of ether oxygens (including phenoxy) is 1. The van der Waals surface area contributed by atoms with Gasteiger partial charge in [-0.2, -0.15) is 0 Å². The second-order valence-corrected chi connectivity index (χ2v) is 7.54. The first-order valence-electron chi connectivity index (χ1n) is 10.2. The SMILES string of the molecule is CC[C@@H]1CCCCCCc2cc1c(C=C1N=C(c3ccc[nH]3)C=C1OC)[nH]2. The number of aliphatic imine (C=N–C) groups is 1. The predicted octanol–water partition coefficient (Wildman–Crippen LogP) is 5.72. The van der Waals surface area contributed by atoms with Gasteiger partial charge in [0.2, 0.25) is 0 Å². The van der Waals surface area contributed by atoms with Gasteiger partial charge in [0.05, 0.1) is 18.5 Å². The Kier molecular flexibility index (Phi) is 5.33. The van der Waals surface area contributed by atoms with Gasteiger partial charge >= 0.3 is 0 Å². The van der Waals surface area contributed by atoms with E-state index in [9.17, 15) is 0 Å². The quantitative estimate of drug-likeness (QED) is 0.717. The van der Waals surface area contributed by atoms with E-state index in [-0.39, 0.29) is 0 Å². The highest BCUT2D eigenvalue weighted by Crippen LogP contribution is 2.34. The number of allylic oxidation sites excluding steroid dienone is 1. The molecule has 142 valence electrons. The zero-order valence-electron chi connectivity index (χ0n) is 16.3. The number of aromatic nitrogens is 2. The van der Waals surface area contributed by atoms with Crippen LogP contribution in [0.3, 0.4) is 0 Å². The molecule has 2 aromatic rings. The highest BCUT2D eigenvalue weighted by Gasteiger charge is 2.21. The van der Waals surface area contributed by atoms with Crippen molar-refractivity contribution >= 4 is 11.8 Å². The summed E-state index contributed by atoms with van der Waals surface area (Å²) in [5.41, 5.74) is 6.82. The average Bonchev–Trinajstić information content (AvgIpc) is 3.41. The largest absolute Gasteiger partial charge is 0.494 e. The Morgan fingerprint density at radius 1 is 1.26 bits per heavy atom. The van der Waals surface area contributed by atoms with Gasteiger partial charge in [0.15, 0.2) is 0 Å². The van der Waals surface area contributed by atoms with E-state index in [1.54, 1.807) is 7.11 Å². The molecule has 0 aromatic carbocycles. The first kappa shape index (κ1) is 17.9. The van der Waals surface area contributed by atoms with Crippen LogP contribution in [-0.4, -0.2) is 22.8 Å². The van der Waals surface area contributed by atoms with E-state index in [2.05, 4.69) is 29.0 Å². The molecule has 27 heavy (non-hydrogen) atoms. The van der Waals surface area contributed by atoms with Gasteiger partial charge in [-0.1, -0.05) is 26.2 Å². The molecule has 2 aromatic heterocycles. The molecule has 0 unspecified atom stereocenters. The molecule has 0 saturated heterocycles. The number of aryl methyl sites for hydroxylation is 1. The van der Waals surface area contributed by atoms with Gasteiger partial charge in [-0.05, 0) is 61.4 Å². The summed E-state index contributed by atoms with van der Waals surface area (Å²) in [6.07, 6.45) is 15.0. The number of rotatable bonds is 4. The van der Waals surface area contributed by atoms with Crippen molar-refractivity contribution in [2.75, 3.05) is 7.11 Å². The molecule has 0 saturated carbocycles. The maximum Gasteiger partial charge on any atom is 0.146 e. The number of nitrogens with zero attached hydrogens (tertiary/aromatic N) is 1. The summed E-state index contributed by atoms with van der Waals surface area (Å²) in [6.45, 7) is 2.30. The van der Waals surface area contributed by atoms with Crippen LogP contribution in [0, 0.1) is 0 Å². The van der Waals surface area contributed by atoms with Crippen molar-refractivity contribution in [1.82, 2.24) is 9.97 Å². The third-order valence-electron chi connectivity index (χ3n) is 5.75. The van der Waals surface area contributed by atoms with Gasteiger partial charge in [-0.3, -0.25) is 0 Å². The zero-order chi connectivity index (χ0) is 18.6. The zero-order valence-corrected chi connectivity index (χ0v) is 16.3. The Balaban J connectivity index is 1.72. The number of fused-ring (bicyclic) bond motifs is 2. The lowest BCUT2D eigenvalue weighted by Crippen LogP contribution is -1.99. The lowest BCUT2D eigenvalue weighted by Gasteiger charge is -2.15. The van der Waals surface area contributed by atoms with Crippen LogP contribution in [-0.2, 0) is 11.2 Å². The minimum absolute atomic E-state index is 0.614. The van der Waals surface area contributed by atoms with E-state index in [0.717, 1.165) is 29.3 Å². The maximum absolute atomic E-state index is 5.61. The lowest BCUT2D eigenvalue weighted by molar-refractivity contribution is 0.303. The van der Waals surface area contributed by atoms with Crippen LogP contribution in [0.4, 0.5) is 0 Å². The molecule has 2 N–H and O–H groups in total. The summed E-state index contributed by atoms with van der Waals surface area (Å²) in [7, 11) is 1.71. The second-order valence-electron chi connectivity index (χ2n) is 7.54. The molecule has 1 aliphatic heterocycles. The molecule has 0 fully saturated rings. The van der Waals surface area contributed by atoms with Gasteiger partial charge in [-0.25, -0.2) is 4.99 Å². The second kappa shape index (κ2) is 8.03. The van der Waals surface area contributed by atoms with Crippen LogP contribution in [0.15, 0.2) is 46.9 Å². The van der Waals surface area contributed by atoms with E-state index in [0.29, 0.717) is 5.92 Å². The number of H-pyrrole nitrogens is 2. The summed E-state index contributed by atoms with van der Waals surface area (Å²) < 4.78 is 5.61. The Labute approximate surface area is 161 Å². The number of hydrogen-bond donors (Lipinski definition) is 2. The van der Waals surface area contributed by atoms with Crippen molar-refractivity contribution in [2.45, 2.75) is 57.8 Å². The first-order chi connectivity index (χ1) is 13.3. The number of hydrogen-bond acceptors (Lipinski definition) is 2. The summed E-state index contributed by atoms with van der Waals surface area (Å²) in [5.74, 6) is 1.43. The summed E-state index contributed by atoms with van der Waals surface area (Å²) in [4.78, 5) is 11.7. The Bertz CT molecular complexity index is 868. The highest BCUT2D eigenvalue weighted by atomic mass is 16.5. The Morgan fingerprint density at radius 2 is 2.15 bits per heavy atom. The molecular formula is C23H29N3O. The van der Waals surface area contributed by atoms with Crippen molar-refractivity contribution in [1.29, 1.82) is 0 Å². The maximum atomic E-state index is 5.61. The summed E-state index contributed by atoms with van der Waals surface area (Å²) in [6, 6.07) is 6.42. The van der Waals surface area contributed by atoms with E-state index >= 15 is 0 Å². The van der Waals surface area contributed by atoms with Crippen molar-refractivity contribution in [3.63, 3.8) is 0 Å². The van der Waals surface area contributed by atoms with Crippen LogP contribution in [0.2, 0.25) is 0 Å². The fourth-order valence-corrected chi connectivity index (χ4v) is 4.22. The van der Waals surface area contributed by atoms with Gasteiger partial charge in [-0.15, -0.1) is 0 Å². The smallest absolute Gasteiger partial charge is 0.146 e. The van der Waals surface area contributed by atoms with E-state index in [1.165, 1.54) is 55.5 Å².